The van der Waals surface area contributed by atoms with Gasteiger partial charge in [0.1, 0.15) is 11.0 Å². The molecule has 4 N–H and O–H groups in total. The molecule has 0 radical (unpaired) electrons. The number of nitrogens with one attached hydrogen (secondary N) is 2. The molecule has 0 bridgehead atoms. The summed E-state index contributed by atoms with van der Waals surface area (Å²) < 4.78 is 0. The van der Waals surface area contributed by atoms with Crippen molar-refractivity contribution < 1.29 is 10.2 Å². The predicted molar refractivity (Wildman–Crippen MR) is 179 cm³/mol. The molecule has 1 atom stereocenters. The van der Waals surface area contributed by atoms with Gasteiger partial charge in [0, 0.05) is 66.6 Å². The van der Waals surface area contributed by atoms with Crippen LogP contribution in [0.25, 0.3) is 32.9 Å². The van der Waals surface area contributed by atoms with Crippen molar-refractivity contribution in [2.75, 3.05) is 23.7 Å². The van der Waals surface area contributed by atoms with Gasteiger partial charge in [-0.15, -0.1) is 0 Å². The van der Waals surface area contributed by atoms with Crippen LogP contribution in [0.4, 0.5) is 23.0 Å². The maximum atomic E-state index is 9.89. The molecule has 1 unspecified atom stereocenters. The molecular weight excluding hydrogens is 562 g/mol. The average Bonchev–Trinajstić information content (AvgIpc) is 3.47. The molecule has 0 spiro atoms. The molecule has 226 valence electrons. The Morgan fingerprint density at radius 3 is 1.84 bits per heavy atom. The van der Waals surface area contributed by atoms with Crippen molar-refractivity contribution >= 4 is 44.8 Å². The van der Waals surface area contributed by atoms with Gasteiger partial charge in [0.15, 0.2) is 11.6 Å². The quantitative estimate of drug-likeness (QED) is 0.158. The summed E-state index contributed by atoms with van der Waals surface area (Å²) in [6.07, 6.45) is 7.75. The lowest BCUT2D eigenvalue weighted by atomic mass is 9.94. The number of aliphatic hydroxyl groups excluding tert-OH is 2. The van der Waals surface area contributed by atoms with Gasteiger partial charge in [0.05, 0.1) is 12.7 Å². The lowest BCUT2D eigenvalue weighted by Crippen LogP contribution is -2.21. The summed E-state index contributed by atoms with van der Waals surface area (Å²) >= 11 is 0. The predicted octanol–water partition coefficient (Wildman–Crippen LogP) is 6.40. The van der Waals surface area contributed by atoms with Crippen LogP contribution in [-0.4, -0.2) is 54.2 Å². The number of aromatic nitrogens is 4. The van der Waals surface area contributed by atoms with E-state index in [1.165, 1.54) is 0 Å². The van der Waals surface area contributed by atoms with Gasteiger partial charge in [-0.25, -0.2) is 9.97 Å². The van der Waals surface area contributed by atoms with Crippen LogP contribution < -0.4 is 10.6 Å². The second-order valence-electron chi connectivity index (χ2n) is 11.7. The Morgan fingerprint density at radius 2 is 1.31 bits per heavy atom. The smallest absolute Gasteiger partial charge is 0.156 e. The standard InChI is InChI=1S/C36H35N7O2/c1-22-29(30-6-4-8-32(23(30)2)42-36-34-27(10-13-38-36)16-25(21-44)18-40-34)5-3-7-31(22)41-35-33-26(9-12-37-35)15-24(17-39-33)19-43-14-11-28(45)20-43/h3-10,12-13,15-18,28,44-45H,11,14,19-21H2,1-2H3,(H,37,41)(H,38,42). The first-order valence-electron chi connectivity index (χ1n) is 15.2. The molecule has 6 aromatic rings. The summed E-state index contributed by atoms with van der Waals surface area (Å²) in [6, 6.07) is 20.5. The fourth-order valence-electron chi connectivity index (χ4n) is 6.16. The Kier molecular flexibility index (Phi) is 7.81. The number of hydrogen-bond acceptors (Lipinski definition) is 9. The van der Waals surface area contributed by atoms with E-state index in [9.17, 15) is 10.2 Å². The van der Waals surface area contributed by atoms with E-state index in [2.05, 4.69) is 74.7 Å². The fraction of sp³-hybridized carbons (Fsp3) is 0.222. The van der Waals surface area contributed by atoms with Gasteiger partial charge in [-0.3, -0.25) is 14.9 Å². The summed E-state index contributed by atoms with van der Waals surface area (Å²) in [5, 5.41) is 28.4. The fourth-order valence-corrected chi connectivity index (χ4v) is 6.16. The SMILES string of the molecule is Cc1c(Nc2nccc3cc(CO)cnc23)cccc1-c1cccc(Nc2nccc3cc(CN4CCC(O)C4)cnc23)c1C. The number of nitrogens with zero attached hydrogens (tertiary/aromatic N) is 5. The molecule has 0 saturated carbocycles. The van der Waals surface area contributed by atoms with Crippen molar-refractivity contribution in [3.63, 3.8) is 0 Å². The van der Waals surface area contributed by atoms with Gasteiger partial charge >= 0.3 is 0 Å². The number of pyridine rings is 4. The van der Waals surface area contributed by atoms with Gasteiger partial charge in [0.25, 0.3) is 0 Å². The van der Waals surface area contributed by atoms with Crippen molar-refractivity contribution in [2.24, 2.45) is 0 Å². The maximum Gasteiger partial charge on any atom is 0.156 e. The summed E-state index contributed by atoms with van der Waals surface area (Å²) in [5.41, 5.74) is 9.77. The zero-order chi connectivity index (χ0) is 30.9. The van der Waals surface area contributed by atoms with Crippen LogP contribution in [0.3, 0.4) is 0 Å². The third-order valence-corrected chi connectivity index (χ3v) is 8.61. The van der Waals surface area contributed by atoms with Crippen LogP contribution >= 0.6 is 0 Å². The highest BCUT2D eigenvalue weighted by Gasteiger charge is 2.20. The summed E-state index contributed by atoms with van der Waals surface area (Å²) in [6.45, 7) is 6.56. The molecule has 1 aliphatic rings. The number of benzene rings is 2. The van der Waals surface area contributed by atoms with Crippen molar-refractivity contribution in [1.82, 2.24) is 24.8 Å². The van der Waals surface area contributed by atoms with Crippen LogP contribution in [-0.2, 0) is 13.2 Å². The number of likely N-dealkylation sites (tertiary alicyclic amines) is 1. The van der Waals surface area contributed by atoms with E-state index in [-0.39, 0.29) is 12.7 Å². The van der Waals surface area contributed by atoms with E-state index in [1.54, 1.807) is 12.4 Å². The Morgan fingerprint density at radius 1 is 0.756 bits per heavy atom. The Balaban J connectivity index is 1.17. The lowest BCUT2D eigenvalue weighted by molar-refractivity contribution is 0.175. The largest absolute Gasteiger partial charge is 0.392 e. The van der Waals surface area contributed by atoms with Crippen molar-refractivity contribution in [3.8, 4) is 11.1 Å². The zero-order valence-corrected chi connectivity index (χ0v) is 25.3. The van der Waals surface area contributed by atoms with Gasteiger partial charge in [-0.1, -0.05) is 24.3 Å². The number of rotatable bonds is 8. The van der Waals surface area contributed by atoms with E-state index in [0.29, 0.717) is 18.2 Å². The molecule has 4 aromatic heterocycles. The highest BCUT2D eigenvalue weighted by Crippen LogP contribution is 2.36. The molecule has 5 heterocycles. The maximum absolute atomic E-state index is 9.89. The molecule has 9 nitrogen and oxygen atoms in total. The number of anilines is 4. The van der Waals surface area contributed by atoms with Crippen LogP contribution in [0, 0.1) is 13.8 Å². The topological polar surface area (TPSA) is 119 Å². The number of hydrogen-bond donors (Lipinski definition) is 4. The van der Waals surface area contributed by atoms with E-state index < -0.39 is 0 Å². The third kappa shape index (κ3) is 5.81. The molecule has 45 heavy (non-hydrogen) atoms. The van der Waals surface area contributed by atoms with E-state index in [4.69, 9.17) is 4.98 Å². The van der Waals surface area contributed by atoms with Crippen molar-refractivity contribution in [1.29, 1.82) is 0 Å². The van der Waals surface area contributed by atoms with Gasteiger partial charge in [-0.2, -0.15) is 0 Å². The van der Waals surface area contributed by atoms with Gasteiger partial charge in [-0.05, 0) is 90.0 Å². The lowest BCUT2D eigenvalue weighted by Gasteiger charge is -2.18. The van der Waals surface area contributed by atoms with Crippen LogP contribution in [0.15, 0.2) is 85.5 Å². The Labute approximate surface area is 261 Å². The average molecular weight is 598 g/mol. The molecule has 2 aromatic carbocycles. The van der Waals surface area contributed by atoms with Crippen LogP contribution in [0.1, 0.15) is 28.7 Å². The molecule has 1 saturated heterocycles. The second-order valence-corrected chi connectivity index (χ2v) is 11.7. The molecular formula is C36H35N7O2. The van der Waals surface area contributed by atoms with Crippen molar-refractivity contribution in [2.45, 2.75) is 39.5 Å². The zero-order valence-electron chi connectivity index (χ0n) is 25.3. The first kappa shape index (κ1) is 28.8. The van der Waals surface area contributed by atoms with Crippen LogP contribution in [0.2, 0.25) is 0 Å². The number of β-amino-alcohol motifs (C(OH)–C–C–N with tert-alkyl or cyclic N) is 1. The highest BCUT2D eigenvalue weighted by atomic mass is 16.3. The first-order valence-corrected chi connectivity index (χ1v) is 15.2. The van der Waals surface area contributed by atoms with Gasteiger partial charge < -0.3 is 20.8 Å². The Hall–Kier alpha value is -4.96. The number of fused-ring (bicyclic) bond motifs is 2. The second kappa shape index (κ2) is 12.2. The van der Waals surface area contributed by atoms with E-state index in [1.807, 2.05) is 42.7 Å². The third-order valence-electron chi connectivity index (χ3n) is 8.61. The molecule has 7 rings (SSSR count). The highest BCUT2D eigenvalue weighted by molar-refractivity contribution is 5.92. The monoisotopic (exact) mass is 597 g/mol. The molecule has 9 heteroatoms. The summed E-state index contributed by atoms with van der Waals surface area (Å²) in [4.78, 5) is 20.8. The molecule has 1 fully saturated rings. The normalized spacial score (nSPS) is 15.2. The molecule has 0 aliphatic carbocycles. The van der Waals surface area contributed by atoms with Gasteiger partial charge in [0.2, 0.25) is 0 Å². The van der Waals surface area contributed by atoms with E-state index in [0.717, 1.165) is 86.1 Å². The molecule has 1 aliphatic heterocycles. The minimum Gasteiger partial charge on any atom is -0.392 e. The minimum absolute atomic E-state index is 0.0538. The van der Waals surface area contributed by atoms with Crippen LogP contribution in [0.5, 0.6) is 0 Å². The van der Waals surface area contributed by atoms with E-state index >= 15 is 0 Å². The minimum atomic E-state index is -0.236. The van der Waals surface area contributed by atoms with Crippen molar-refractivity contribution in [3.05, 3.63) is 108 Å². The Bertz CT molecular complexity index is 2030. The first-order chi connectivity index (χ1) is 22.0. The summed E-state index contributed by atoms with van der Waals surface area (Å²) in [7, 11) is 0. The number of aliphatic hydroxyl groups is 2. The molecule has 0 amide bonds. The summed E-state index contributed by atoms with van der Waals surface area (Å²) in [5.74, 6) is 1.38.